The van der Waals surface area contributed by atoms with Gasteiger partial charge in [0, 0.05) is 38.5 Å². The maximum absolute atomic E-state index is 13.2. The molecule has 0 aliphatic heterocycles. The van der Waals surface area contributed by atoms with Gasteiger partial charge in [0.15, 0.2) is 0 Å². The Balaban J connectivity index is 2.27. The van der Waals surface area contributed by atoms with Crippen LogP contribution in [-0.2, 0) is 0 Å². The zero-order valence-corrected chi connectivity index (χ0v) is 14.1. The second-order valence-corrected chi connectivity index (χ2v) is 6.14. The van der Waals surface area contributed by atoms with Gasteiger partial charge < -0.3 is 16.0 Å². The van der Waals surface area contributed by atoms with E-state index in [1.165, 1.54) is 0 Å². The topological polar surface area (TPSA) is 114 Å². The molecule has 0 radical (unpaired) electrons. The largest absolute Gasteiger partial charge is 0.378 e. The number of nitrogens with two attached hydrogens (primary N) is 1. The molecule has 0 aromatic carbocycles. The highest BCUT2D eigenvalue weighted by Gasteiger charge is 2.36. The van der Waals surface area contributed by atoms with Crippen LogP contribution < -0.4 is 16.0 Å². The first-order chi connectivity index (χ1) is 11.6. The lowest BCUT2D eigenvalue weighted by Crippen LogP contribution is -2.41. The van der Waals surface area contributed by atoms with E-state index in [9.17, 15) is 23.7 Å². The van der Waals surface area contributed by atoms with Crippen LogP contribution in [0.1, 0.15) is 43.0 Å². The van der Waals surface area contributed by atoms with Gasteiger partial charge in [0.1, 0.15) is 5.82 Å². The average molecular weight is 357 g/mol. The molecule has 1 aromatic heterocycles. The summed E-state index contributed by atoms with van der Waals surface area (Å²) in [7, 11) is 1.67. The standard InChI is InChI=1S/C15H21F2N5O3/c1-3-21(2)13-10(8-11(22(24)25)12(18)20-13)14(23)19-9-4-6-15(16,17)7-5-9/h8-9H,3-7H2,1-2H3,(H2,18,20)(H,19,23). The van der Waals surface area contributed by atoms with E-state index in [1.807, 2.05) is 6.92 Å². The molecule has 0 spiro atoms. The number of alkyl halides is 2. The number of carbonyl (C=O) groups is 1. The molecule has 3 N–H and O–H groups in total. The summed E-state index contributed by atoms with van der Waals surface area (Å²) in [6, 6.07) is 0.680. The van der Waals surface area contributed by atoms with Gasteiger partial charge in [0.05, 0.1) is 10.5 Å². The highest BCUT2D eigenvalue weighted by molar-refractivity contribution is 6.00. The van der Waals surface area contributed by atoms with E-state index >= 15 is 0 Å². The molecule has 2 rings (SSSR count). The molecule has 1 saturated carbocycles. The van der Waals surface area contributed by atoms with Crippen molar-refractivity contribution in [1.29, 1.82) is 0 Å². The number of amides is 1. The average Bonchev–Trinajstić information content (AvgIpc) is 2.55. The smallest absolute Gasteiger partial charge is 0.312 e. The zero-order valence-electron chi connectivity index (χ0n) is 14.1. The van der Waals surface area contributed by atoms with Crippen LogP contribution in [0, 0.1) is 10.1 Å². The summed E-state index contributed by atoms with van der Waals surface area (Å²) in [5, 5.41) is 13.7. The number of hydrogen-bond acceptors (Lipinski definition) is 6. The van der Waals surface area contributed by atoms with E-state index in [0.717, 1.165) is 6.07 Å². The molecule has 0 atom stereocenters. The quantitative estimate of drug-likeness (QED) is 0.617. The molecule has 1 aliphatic carbocycles. The van der Waals surface area contributed by atoms with Crippen LogP contribution in [0.4, 0.5) is 26.1 Å². The number of pyridine rings is 1. The highest BCUT2D eigenvalue weighted by Crippen LogP contribution is 2.33. The van der Waals surface area contributed by atoms with Crippen molar-refractivity contribution in [3.05, 3.63) is 21.7 Å². The molecule has 1 fully saturated rings. The third kappa shape index (κ3) is 4.31. The first kappa shape index (κ1) is 18.8. The Morgan fingerprint density at radius 1 is 1.52 bits per heavy atom. The van der Waals surface area contributed by atoms with E-state index in [2.05, 4.69) is 10.3 Å². The Morgan fingerprint density at radius 3 is 2.64 bits per heavy atom. The fraction of sp³-hybridized carbons (Fsp3) is 0.600. The van der Waals surface area contributed by atoms with Gasteiger partial charge in [0.2, 0.25) is 11.7 Å². The van der Waals surface area contributed by atoms with Crippen molar-refractivity contribution in [2.45, 2.75) is 44.6 Å². The fourth-order valence-electron chi connectivity index (χ4n) is 2.71. The second-order valence-electron chi connectivity index (χ2n) is 6.14. The Labute approximate surface area is 143 Å². The van der Waals surface area contributed by atoms with Crippen molar-refractivity contribution in [3.8, 4) is 0 Å². The number of aromatic nitrogens is 1. The molecule has 0 saturated heterocycles. The predicted octanol–water partition coefficient (Wildman–Crippen LogP) is 2.34. The predicted molar refractivity (Wildman–Crippen MR) is 88.9 cm³/mol. The van der Waals surface area contributed by atoms with Crippen LogP contribution >= 0.6 is 0 Å². The van der Waals surface area contributed by atoms with Gasteiger partial charge >= 0.3 is 5.69 Å². The van der Waals surface area contributed by atoms with Gasteiger partial charge in [0.25, 0.3) is 5.91 Å². The van der Waals surface area contributed by atoms with E-state index in [4.69, 9.17) is 5.73 Å². The lowest BCUT2D eigenvalue weighted by molar-refractivity contribution is -0.384. The summed E-state index contributed by atoms with van der Waals surface area (Å²) in [5.41, 5.74) is 5.14. The van der Waals surface area contributed by atoms with Gasteiger partial charge in [-0.05, 0) is 19.8 Å². The first-order valence-electron chi connectivity index (χ1n) is 7.99. The van der Waals surface area contributed by atoms with E-state index in [0.29, 0.717) is 6.54 Å². The van der Waals surface area contributed by atoms with Crippen molar-refractivity contribution in [2.24, 2.45) is 0 Å². The minimum atomic E-state index is -2.70. The van der Waals surface area contributed by atoms with Gasteiger partial charge in [-0.1, -0.05) is 0 Å². The molecule has 10 heteroatoms. The Kier molecular flexibility index (Phi) is 5.39. The minimum Gasteiger partial charge on any atom is -0.378 e. The minimum absolute atomic E-state index is 0.00239. The van der Waals surface area contributed by atoms with Crippen LogP contribution in [0.25, 0.3) is 0 Å². The van der Waals surface area contributed by atoms with Crippen LogP contribution in [0.2, 0.25) is 0 Å². The van der Waals surface area contributed by atoms with Crippen LogP contribution in [0.3, 0.4) is 0 Å². The molecule has 138 valence electrons. The number of nitrogens with one attached hydrogen (secondary N) is 1. The van der Waals surface area contributed by atoms with Crippen LogP contribution in [-0.4, -0.2) is 41.4 Å². The number of nitrogens with zero attached hydrogens (tertiary/aromatic N) is 3. The van der Waals surface area contributed by atoms with E-state index < -0.39 is 28.5 Å². The molecule has 1 aliphatic rings. The summed E-state index contributed by atoms with van der Waals surface area (Å²) in [5.74, 6) is -3.35. The number of hydrogen-bond donors (Lipinski definition) is 2. The Hall–Kier alpha value is -2.52. The third-order valence-electron chi connectivity index (χ3n) is 4.34. The summed E-state index contributed by atoms with van der Waals surface area (Å²) in [6.45, 7) is 2.32. The lowest BCUT2D eigenvalue weighted by Gasteiger charge is -2.29. The van der Waals surface area contributed by atoms with Gasteiger partial charge in [-0.2, -0.15) is 0 Å². The number of carbonyl (C=O) groups excluding carboxylic acids is 1. The van der Waals surface area contributed by atoms with E-state index in [-0.39, 0.29) is 42.9 Å². The molecule has 8 nitrogen and oxygen atoms in total. The number of rotatable bonds is 5. The van der Waals surface area contributed by atoms with Crippen LogP contribution in [0.15, 0.2) is 6.07 Å². The van der Waals surface area contributed by atoms with Gasteiger partial charge in [-0.15, -0.1) is 0 Å². The van der Waals surface area contributed by atoms with Crippen molar-refractivity contribution < 1.29 is 18.5 Å². The SMILES string of the molecule is CCN(C)c1nc(N)c([N+](=O)[O-])cc1C(=O)NC1CCC(F)(F)CC1. The zero-order chi connectivity index (χ0) is 18.8. The van der Waals surface area contributed by atoms with Crippen molar-refractivity contribution >= 4 is 23.2 Å². The molecule has 0 unspecified atom stereocenters. The lowest BCUT2D eigenvalue weighted by atomic mass is 9.92. The molecule has 1 aromatic rings. The maximum atomic E-state index is 13.2. The summed E-state index contributed by atoms with van der Waals surface area (Å²) in [4.78, 5) is 28.5. The van der Waals surface area contributed by atoms with E-state index in [1.54, 1.807) is 11.9 Å². The highest BCUT2D eigenvalue weighted by atomic mass is 19.3. The summed E-state index contributed by atoms with van der Waals surface area (Å²) >= 11 is 0. The van der Waals surface area contributed by atoms with Crippen molar-refractivity contribution in [1.82, 2.24) is 10.3 Å². The summed E-state index contributed by atoms with van der Waals surface area (Å²) < 4.78 is 26.4. The Bertz CT molecular complexity index is 673. The Morgan fingerprint density at radius 2 is 2.12 bits per heavy atom. The third-order valence-corrected chi connectivity index (χ3v) is 4.34. The fourth-order valence-corrected chi connectivity index (χ4v) is 2.71. The van der Waals surface area contributed by atoms with Gasteiger partial charge in [-0.3, -0.25) is 14.9 Å². The van der Waals surface area contributed by atoms with Crippen molar-refractivity contribution in [2.75, 3.05) is 24.2 Å². The van der Waals surface area contributed by atoms with Crippen molar-refractivity contribution in [3.63, 3.8) is 0 Å². The number of nitro groups is 1. The monoisotopic (exact) mass is 357 g/mol. The molecule has 0 bridgehead atoms. The number of nitrogen functional groups attached to an aromatic ring is 1. The number of halogens is 2. The molecule has 1 heterocycles. The molecular formula is C15H21F2N5O3. The normalized spacial score (nSPS) is 17.1. The molecular weight excluding hydrogens is 336 g/mol. The molecule has 25 heavy (non-hydrogen) atoms. The summed E-state index contributed by atoms with van der Waals surface area (Å²) in [6.07, 6.45) is -0.274. The maximum Gasteiger partial charge on any atom is 0.312 e. The molecule has 1 amide bonds. The van der Waals surface area contributed by atoms with Gasteiger partial charge in [-0.25, -0.2) is 13.8 Å². The van der Waals surface area contributed by atoms with Crippen LogP contribution in [0.5, 0.6) is 0 Å². The number of anilines is 2. The second kappa shape index (κ2) is 7.16. The first-order valence-corrected chi connectivity index (χ1v) is 7.99.